The van der Waals surface area contributed by atoms with E-state index >= 15 is 0 Å². The standard InChI is InChI=1S/C10H16O2/c1-9-5-3-4-7(8(9)12-9)10(2)6-11-10/h7-8H,3-6H2,1-2H3. The van der Waals surface area contributed by atoms with Crippen molar-refractivity contribution >= 4 is 0 Å². The second kappa shape index (κ2) is 1.88. The minimum Gasteiger partial charge on any atom is -0.369 e. The van der Waals surface area contributed by atoms with Gasteiger partial charge in [0.15, 0.2) is 0 Å². The molecule has 3 aliphatic rings. The number of epoxide rings is 2. The molecule has 2 saturated heterocycles. The highest BCUT2D eigenvalue weighted by Gasteiger charge is 2.65. The van der Waals surface area contributed by atoms with Gasteiger partial charge in [-0.3, -0.25) is 0 Å². The Hall–Kier alpha value is -0.0800. The molecule has 4 unspecified atom stereocenters. The summed E-state index contributed by atoms with van der Waals surface area (Å²) < 4.78 is 11.3. The first-order chi connectivity index (χ1) is 5.64. The molecule has 68 valence electrons. The minimum absolute atomic E-state index is 0.183. The van der Waals surface area contributed by atoms with E-state index < -0.39 is 0 Å². The van der Waals surface area contributed by atoms with Gasteiger partial charge in [0.2, 0.25) is 0 Å². The van der Waals surface area contributed by atoms with E-state index in [2.05, 4.69) is 13.8 Å². The Kier molecular flexibility index (Phi) is 1.15. The summed E-state index contributed by atoms with van der Waals surface area (Å²) in [5.74, 6) is 0.677. The number of ether oxygens (including phenoxy) is 2. The maximum Gasteiger partial charge on any atom is 0.0942 e. The maximum atomic E-state index is 5.76. The topological polar surface area (TPSA) is 25.1 Å². The highest BCUT2D eigenvalue weighted by atomic mass is 16.6. The lowest BCUT2D eigenvalue weighted by Crippen LogP contribution is -2.33. The molecule has 0 radical (unpaired) electrons. The molecule has 2 aliphatic heterocycles. The summed E-state index contributed by atoms with van der Waals surface area (Å²) in [7, 11) is 0. The minimum atomic E-state index is 0.183. The van der Waals surface area contributed by atoms with Crippen molar-refractivity contribution in [1.29, 1.82) is 0 Å². The van der Waals surface area contributed by atoms with E-state index in [0.717, 1.165) is 6.61 Å². The van der Waals surface area contributed by atoms with Gasteiger partial charge in [-0.2, -0.15) is 0 Å². The van der Waals surface area contributed by atoms with Gasteiger partial charge in [-0.15, -0.1) is 0 Å². The lowest BCUT2D eigenvalue weighted by molar-refractivity contribution is 0.182. The van der Waals surface area contributed by atoms with Crippen molar-refractivity contribution in [2.24, 2.45) is 5.92 Å². The molecule has 4 atom stereocenters. The van der Waals surface area contributed by atoms with Crippen LogP contribution in [0, 0.1) is 5.92 Å². The van der Waals surface area contributed by atoms with Crippen molar-refractivity contribution in [3.63, 3.8) is 0 Å². The molecule has 2 heterocycles. The van der Waals surface area contributed by atoms with Crippen molar-refractivity contribution in [1.82, 2.24) is 0 Å². The zero-order chi connectivity index (χ0) is 8.40. The fraction of sp³-hybridized carbons (Fsp3) is 1.00. The Morgan fingerprint density at radius 3 is 2.67 bits per heavy atom. The second-order valence-electron chi connectivity index (χ2n) is 4.95. The monoisotopic (exact) mass is 168 g/mol. The number of hydrogen-bond donors (Lipinski definition) is 0. The highest BCUT2D eigenvalue weighted by Crippen LogP contribution is 2.56. The SMILES string of the molecule is CC1(C2CCCC3(C)OC23)CO1. The van der Waals surface area contributed by atoms with Gasteiger partial charge in [0, 0.05) is 5.92 Å². The van der Waals surface area contributed by atoms with Crippen LogP contribution in [0.3, 0.4) is 0 Å². The molecule has 0 N–H and O–H groups in total. The first kappa shape index (κ1) is 7.34. The maximum absolute atomic E-state index is 5.76. The lowest BCUT2D eigenvalue weighted by atomic mass is 9.76. The molecule has 3 fully saturated rings. The average molecular weight is 168 g/mol. The summed E-state index contributed by atoms with van der Waals surface area (Å²) in [5.41, 5.74) is 0.417. The van der Waals surface area contributed by atoms with Crippen molar-refractivity contribution in [2.45, 2.75) is 50.4 Å². The van der Waals surface area contributed by atoms with Gasteiger partial charge in [0.25, 0.3) is 0 Å². The Bertz CT molecular complexity index is 222. The normalized spacial score (nSPS) is 62.5. The summed E-state index contributed by atoms with van der Waals surface area (Å²) in [6, 6.07) is 0. The summed E-state index contributed by atoms with van der Waals surface area (Å²) >= 11 is 0. The van der Waals surface area contributed by atoms with Crippen LogP contribution in [0.5, 0.6) is 0 Å². The van der Waals surface area contributed by atoms with Gasteiger partial charge in [0.1, 0.15) is 0 Å². The molecule has 0 aromatic heterocycles. The van der Waals surface area contributed by atoms with Gasteiger partial charge < -0.3 is 9.47 Å². The number of fused-ring (bicyclic) bond motifs is 1. The van der Waals surface area contributed by atoms with Crippen LogP contribution >= 0.6 is 0 Å². The second-order valence-corrected chi connectivity index (χ2v) is 4.95. The molecular weight excluding hydrogens is 152 g/mol. The van der Waals surface area contributed by atoms with E-state index in [4.69, 9.17) is 9.47 Å². The summed E-state index contributed by atoms with van der Waals surface area (Å²) in [4.78, 5) is 0. The molecule has 3 rings (SSSR count). The molecule has 0 aromatic rings. The van der Waals surface area contributed by atoms with Crippen LogP contribution in [0.15, 0.2) is 0 Å². The molecule has 0 aromatic carbocycles. The van der Waals surface area contributed by atoms with Gasteiger partial charge in [-0.05, 0) is 33.1 Å². The van der Waals surface area contributed by atoms with E-state index in [1.54, 1.807) is 0 Å². The van der Waals surface area contributed by atoms with Crippen LogP contribution in [0.1, 0.15) is 33.1 Å². The first-order valence-electron chi connectivity index (χ1n) is 4.96. The molecule has 0 bridgehead atoms. The number of hydrogen-bond acceptors (Lipinski definition) is 2. The molecular formula is C10H16O2. The third-order valence-corrected chi connectivity index (χ3v) is 3.88. The summed E-state index contributed by atoms with van der Waals surface area (Å²) in [6.07, 6.45) is 4.39. The van der Waals surface area contributed by atoms with Gasteiger partial charge in [0.05, 0.1) is 23.9 Å². The number of rotatable bonds is 1. The quantitative estimate of drug-likeness (QED) is 0.557. The molecule has 12 heavy (non-hydrogen) atoms. The van der Waals surface area contributed by atoms with E-state index in [9.17, 15) is 0 Å². The summed E-state index contributed by atoms with van der Waals surface area (Å²) in [6.45, 7) is 5.42. The van der Waals surface area contributed by atoms with Crippen LogP contribution in [-0.4, -0.2) is 23.9 Å². The van der Waals surface area contributed by atoms with Crippen LogP contribution < -0.4 is 0 Å². The van der Waals surface area contributed by atoms with E-state index in [-0.39, 0.29) is 11.2 Å². The van der Waals surface area contributed by atoms with Crippen LogP contribution in [0.4, 0.5) is 0 Å². The Morgan fingerprint density at radius 1 is 1.25 bits per heavy atom. The Labute approximate surface area is 73.2 Å². The van der Waals surface area contributed by atoms with Crippen molar-refractivity contribution < 1.29 is 9.47 Å². The Balaban J connectivity index is 1.80. The largest absolute Gasteiger partial charge is 0.369 e. The molecule has 1 saturated carbocycles. The molecule has 0 spiro atoms. The van der Waals surface area contributed by atoms with Crippen molar-refractivity contribution in [3.05, 3.63) is 0 Å². The van der Waals surface area contributed by atoms with Gasteiger partial charge in [-0.1, -0.05) is 0 Å². The van der Waals surface area contributed by atoms with Gasteiger partial charge in [-0.25, -0.2) is 0 Å². The predicted molar refractivity (Wildman–Crippen MR) is 45.0 cm³/mol. The fourth-order valence-corrected chi connectivity index (χ4v) is 2.74. The Morgan fingerprint density at radius 2 is 2.00 bits per heavy atom. The highest BCUT2D eigenvalue weighted by molar-refractivity contribution is 5.12. The van der Waals surface area contributed by atoms with Crippen molar-refractivity contribution in [2.75, 3.05) is 6.61 Å². The fourth-order valence-electron chi connectivity index (χ4n) is 2.74. The molecule has 1 aliphatic carbocycles. The average Bonchev–Trinajstić information content (AvgIpc) is 2.86. The summed E-state index contributed by atoms with van der Waals surface area (Å²) in [5, 5.41) is 0. The van der Waals surface area contributed by atoms with Gasteiger partial charge >= 0.3 is 0 Å². The molecule has 0 amide bonds. The van der Waals surface area contributed by atoms with E-state index in [1.165, 1.54) is 19.3 Å². The lowest BCUT2D eigenvalue weighted by Gasteiger charge is -2.24. The van der Waals surface area contributed by atoms with E-state index in [1.807, 2.05) is 0 Å². The van der Waals surface area contributed by atoms with Crippen molar-refractivity contribution in [3.8, 4) is 0 Å². The zero-order valence-corrected chi connectivity index (χ0v) is 7.80. The third kappa shape index (κ3) is 0.826. The molecule has 2 heteroatoms. The predicted octanol–water partition coefficient (Wildman–Crippen LogP) is 1.73. The first-order valence-corrected chi connectivity index (χ1v) is 4.96. The smallest absolute Gasteiger partial charge is 0.0942 e. The van der Waals surface area contributed by atoms with Crippen LogP contribution in [-0.2, 0) is 9.47 Å². The molecule has 2 nitrogen and oxygen atoms in total. The third-order valence-electron chi connectivity index (χ3n) is 3.88. The van der Waals surface area contributed by atoms with E-state index in [0.29, 0.717) is 12.0 Å². The van der Waals surface area contributed by atoms with Crippen LogP contribution in [0.2, 0.25) is 0 Å². The zero-order valence-electron chi connectivity index (χ0n) is 7.80. The van der Waals surface area contributed by atoms with Crippen LogP contribution in [0.25, 0.3) is 0 Å².